The van der Waals surface area contributed by atoms with Crippen molar-refractivity contribution in [1.82, 2.24) is 0 Å². The highest BCUT2D eigenvalue weighted by molar-refractivity contribution is 5.97. The molecule has 2 heterocycles. The second-order valence-electron chi connectivity index (χ2n) is 9.99. The second-order valence-corrected chi connectivity index (χ2v) is 9.99. The van der Waals surface area contributed by atoms with Crippen LogP contribution in [0.15, 0.2) is 64.4 Å². The van der Waals surface area contributed by atoms with E-state index in [1.165, 1.54) is 0 Å². The SMILES string of the molecule is CCCOc1ccc(C2C(C#N)=C(N)Oc3cc(OC(=O)c4oc5cc(C)c(C)cc5c4C)ccc32)cc1OCC. The van der Waals surface area contributed by atoms with Crippen LogP contribution in [0.2, 0.25) is 0 Å². The molecule has 1 aromatic heterocycles. The topological polar surface area (TPSA) is 117 Å². The Balaban J connectivity index is 1.48. The standard InChI is InChI=1S/C33H32N2O6/c1-6-12-38-26-11-8-21(15-29(26)37-7-2)30-23-10-9-22(16-28(23)41-32(35)25(30)17-34)39-33(36)31-20(5)24-13-18(3)19(4)14-27(24)40-31/h8-11,13-16,30H,6-7,12,35H2,1-5H3. The predicted molar refractivity (Wildman–Crippen MR) is 155 cm³/mol. The molecule has 8 nitrogen and oxygen atoms in total. The molecule has 0 aliphatic carbocycles. The Morgan fingerprint density at radius 2 is 1.78 bits per heavy atom. The molecule has 0 spiro atoms. The summed E-state index contributed by atoms with van der Waals surface area (Å²) >= 11 is 0. The van der Waals surface area contributed by atoms with Gasteiger partial charge in [0.05, 0.1) is 19.1 Å². The number of nitrogens with two attached hydrogens (primary N) is 1. The van der Waals surface area contributed by atoms with E-state index in [1.807, 2.05) is 65.0 Å². The van der Waals surface area contributed by atoms with Gasteiger partial charge in [-0.25, -0.2) is 4.79 Å². The van der Waals surface area contributed by atoms with Gasteiger partial charge >= 0.3 is 5.97 Å². The Kier molecular flexibility index (Phi) is 7.62. The summed E-state index contributed by atoms with van der Waals surface area (Å²) in [6, 6.07) is 16.7. The van der Waals surface area contributed by atoms with Crippen molar-refractivity contribution in [3.8, 4) is 29.1 Å². The van der Waals surface area contributed by atoms with Gasteiger partial charge in [-0.05, 0) is 81.1 Å². The molecule has 2 N–H and O–H groups in total. The summed E-state index contributed by atoms with van der Waals surface area (Å²) in [7, 11) is 0. The fourth-order valence-electron chi connectivity index (χ4n) is 4.97. The number of ether oxygens (including phenoxy) is 4. The molecule has 210 valence electrons. The van der Waals surface area contributed by atoms with Crippen molar-refractivity contribution in [1.29, 1.82) is 5.26 Å². The van der Waals surface area contributed by atoms with Crippen LogP contribution in [-0.2, 0) is 0 Å². The number of allylic oxidation sites excluding steroid dienone is 1. The monoisotopic (exact) mass is 552 g/mol. The molecule has 0 saturated carbocycles. The molecular formula is C33H32N2O6. The van der Waals surface area contributed by atoms with Gasteiger partial charge in [0.25, 0.3) is 0 Å². The lowest BCUT2D eigenvalue weighted by molar-refractivity contribution is 0.0702. The number of hydrogen-bond acceptors (Lipinski definition) is 8. The zero-order chi connectivity index (χ0) is 29.3. The zero-order valence-corrected chi connectivity index (χ0v) is 23.8. The summed E-state index contributed by atoms with van der Waals surface area (Å²) in [5.74, 6) is 0.842. The van der Waals surface area contributed by atoms with Crippen LogP contribution in [0.3, 0.4) is 0 Å². The molecule has 1 aliphatic heterocycles. The summed E-state index contributed by atoms with van der Waals surface area (Å²) in [4.78, 5) is 13.1. The number of rotatable bonds is 8. The molecule has 8 heteroatoms. The second kappa shape index (κ2) is 11.3. The van der Waals surface area contributed by atoms with Gasteiger partial charge in [-0.3, -0.25) is 0 Å². The number of furan rings is 1. The van der Waals surface area contributed by atoms with E-state index in [0.29, 0.717) is 47.2 Å². The van der Waals surface area contributed by atoms with E-state index in [4.69, 9.17) is 29.1 Å². The van der Waals surface area contributed by atoms with E-state index in [9.17, 15) is 10.1 Å². The number of fused-ring (bicyclic) bond motifs is 2. The Morgan fingerprint density at radius 1 is 1.00 bits per heavy atom. The number of nitriles is 1. The molecule has 1 aliphatic rings. The summed E-state index contributed by atoms with van der Waals surface area (Å²) in [5, 5.41) is 10.8. The van der Waals surface area contributed by atoms with Crippen LogP contribution in [0.5, 0.6) is 23.0 Å². The van der Waals surface area contributed by atoms with Crippen molar-refractivity contribution < 1.29 is 28.2 Å². The number of esters is 1. The third kappa shape index (κ3) is 5.19. The van der Waals surface area contributed by atoms with Gasteiger partial charge in [-0.1, -0.05) is 19.1 Å². The number of hydrogen-bond donors (Lipinski definition) is 1. The first-order valence-corrected chi connectivity index (χ1v) is 13.6. The van der Waals surface area contributed by atoms with Gasteiger partial charge in [-0.2, -0.15) is 5.26 Å². The van der Waals surface area contributed by atoms with Crippen LogP contribution in [0.4, 0.5) is 0 Å². The van der Waals surface area contributed by atoms with Gasteiger partial charge in [0.2, 0.25) is 11.6 Å². The van der Waals surface area contributed by atoms with Crippen LogP contribution in [0.25, 0.3) is 11.0 Å². The Morgan fingerprint density at radius 3 is 2.51 bits per heavy atom. The lowest BCUT2D eigenvalue weighted by atomic mass is 9.83. The number of carbonyl (C=O) groups excluding carboxylic acids is 1. The van der Waals surface area contributed by atoms with Gasteiger partial charge in [0.15, 0.2) is 11.5 Å². The molecule has 41 heavy (non-hydrogen) atoms. The van der Waals surface area contributed by atoms with Crippen LogP contribution in [0.1, 0.15) is 64.6 Å². The lowest BCUT2D eigenvalue weighted by Gasteiger charge is -2.27. The molecule has 0 saturated heterocycles. The molecule has 1 atom stereocenters. The molecule has 1 unspecified atom stereocenters. The van der Waals surface area contributed by atoms with E-state index in [1.54, 1.807) is 18.2 Å². The summed E-state index contributed by atoms with van der Waals surface area (Å²) in [6.45, 7) is 10.8. The van der Waals surface area contributed by atoms with Crippen molar-refractivity contribution in [3.05, 3.63) is 93.6 Å². The number of carbonyl (C=O) groups is 1. The maximum Gasteiger partial charge on any atom is 0.379 e. The minimum absolute atomic E-state index is 0.0170. The molecule has 4 aromatic rings. The summed E-state index contributed by atoms with van der Waals surface area (Å²) in [5.41, 5.74) is 11.5. The van der Waals surface area contributed by atoms with Gasteiger partial charge < -0.3 is 29.1 Å². The van der Waals surface area contributed by atoms with E-state index in [2.05, 4.69) is 6.07 Å². The summed E-state index contributed by atoms with van der Waals surface area (Å²) in [6.07, 6.45) is 0.862. The highest BCUT2D eigenvalue weighted by atomic mass is 16.5. The zero-order valence-electron chi connectivity index (χ0n) is 23.8. The average Bonchev–Trinajstić information content (AvgIpc) is 3.26. The largest absolute Gasteiger partial charge is 0.490 e. The molecule has 5 rings (SSSR count). The minimum atomic E-state index is -0.619. The van der Waals surface area contributed by atoms with Crippen LogP contribution < -0.4 is 24.7 Å². The minimum Gasteiger partial charge on any atom is -0.490 e. The van der Waals surface area contributed by atoms with Crippen molar-refractivity contribution in [2.24, 2.45) is 5.73 Å². The normalized spacial score (nSPS) is 14.3. The third-order valence-electron chi connectivity index (χ3n) is 7.20. The van der Waals surface area contributed by atoms with E-state index >= 15 is 0 Å². The highest BCUT2D eigenvalue weighted by Gasteiger charge is 2.32. The molecule has 0 bridgehead atoms. The first-order valence-electron chi connectivity index (χ1n) is 13.6. The van der Waals surface area contributed by atoms with Crippen molar-refractivity contribution in [2.45, 2.75) is 47.0 Å². The fourth-order valence-corrected chi connectivity index (χ4v) is 4.97. The Bertz CT molecular complexity index is 1730. The Hall–Kier alpha value is -4.90. The molecule has 3 aromatic carbocycles. The van der Waals surface area contributed by atoms with Crippen LogP contribution in [-0.4, -0.2) is 19.2 Å². The first kappa shape index (κ1) is 27.7. The molecule has 0 fully saturated rings. The highest BCUT2D eigenvalue weighted by Crippen LogP contribution is 2.45. The van der Waals surface area contributed by atoms with E-state index in [-0.39, 0.29) is 23.0 Å². The average molecular weight is 553 g/mol. The van der Waals surface area contributed by atoms with E-state index < -0.39 is 11.9 Å². The smallest absolute Gasteiger partial charge is 0.379 e. The number of benzene rings is 3. The molecular weight excluding hydrogens is 520 g/mol. The van der Waals surface area contributed by atoms with Gasteiger partial charge in [0.1, 0.15) is 28.7 Å². The van der Waals surface area contributed by atoms with Gasteiger partial charge in [-0.15, -0.1) is 0 Å². The Labute approximate surface area is 238 Å². The maximum atomic E-state index is 13.1. The van der Waals surface area contributed by atoms with Crippen LogP contribution >= 0.6 is 0 Å². The first-order chi connectivity index (χ1) is 19.7. The third-order valence-corrected chi connectivity index (χ3v) is 7.20. The molecule has 0 radical (unpaired) electrons. The quantitative estimate of drug-likeness (QED) is 0.184. The predicted octanol–water partition coefficient (Wildman–Crippen LogP) is 6.98. The fraction of sp³-hybridized carbons (Fsp3) is 0.273. The summed E-state index contributed by atoms with van der Waals surface area (Å²) < 4.78 is 29.1. The van der Waals surface area contributed by atoms with Crippen molar-refractivity contribution in [2.75, 3.05) is 13.2 Å². The number of aryl methyl sites for hydroxylation is 3. The van der Waals surface area contributed by atoms with Crippen molar-refractivity contribution in [3.63, 3.8) is 0 Å². The van der Waals surface area contributed by atoms with Crippen LogP contribution in [0, 0.1) is 32.1 Å². The lowest BCUT2D eigenvalue weighted by Crippen LogP contribution is -2.21. The van der Waals surface area contributed by atoms with Gasteiger partial charge in [0, 0.05) is 22.6 Å². The van der Waals surface area contributed by atoms with Crippen molar-refractivity contribution >= 4 is 16.9 Å². The van der Waals surface area contributed by atoms with E-state index in [0.717, 1.165) is 28.5 Å². The maximum absolute atomic E-state index is 13.1. The molecule has 0 amide bonds. The number of nitrogens with zero attached hydrogens (tertiary/aromatic N) is 1.